The second-order valence-electron chi connectivity index (χ2n) is 4.53. The highest BCUT2D eigenvalue weighted by atomic mass is 32.1. The second-order valence-corrected chi connectivity index (χ2v) is 5.51. The van der Waals surface area contributed by atoms with Gasteiger partial charge in [-0.1, -0.05) is 18.9 Å². The average Bonchev–Trinajstić information content (AvgIpc) is 2.83. The maximum atomic E-state index is 9.12. The first-order chi connectivity index (χ1) is 7.81. The molecule has 1 heterocycles. The second kappa shape index (κ2) is 5.47. The lowest BCUT2D eigenvalue weighted by Gasteiger charge is -2.30. The van der Waals surface area contributed by atoms with Gasteiger partial charge in [-0.25, -0.2) is 0 Å². The van der Waals surface area contributed by atoms with Gasteiger partial charge in [0.1, 0.15) is 0 Å². The number of nitrogens with one attached hydrogen (secondary N) is 1. The van der Waals surface area contributed by atoms with Gasteiger partial charge in [0.2, 0.25) is 0 Å². The van der Waals surface area contributed by atoms with Crippen molar-refractivity contribution >= 4 is 11.3 Å². The Morgan fingerprint density at radius 3 is 3.00 bits per heavy atom. The molecule has 0 saturated heterocycles. The monoisotopic (exact) mass is 234 g/mol. The molecular weight excluding hydrogens is 216 g/mol. The highest BCUT2D eigenvalue weighted by molar-refractivity contribution is 7.10. The number of hydrogen-bond donors (Lipinski definition) is 1. The Kier molecular flexibility index (Phi) is 3.98. The van der Waals surface area contributed by atoms with Gasteiger partial charge in [-0.05, 0) is 31.2 Å². The third kappa shape index (κ3) is 2.63. The van der Waals surface area contributed by atoms with Crippen LogP contribution in [-0.2, 0) is 0 Å². The summed E-state index contributed by atoms with van der Waals surface area (Å²) in [6, 6.07) is 7.45. The molecule has 16 heavy (non-hydrogen) atoms. The van der Waals surface area contributed by atoms with E-state index in [9.17, 15) is 0 Å². The van der Waals surface area contributed by atoms with E-state index in [2.05, 4.69) is 35.8 Å². The highest BCUT2D eigenvalue weighted by Gasteiger charge is 2.26. The molecule has 2 nitrogen and oxygen atoms in total. The molecule has 1 aromatic heterocycles. The smallest absolute Gasteiger partial charge is 0.0672 e. The van der Waals surface area contributed by atoms with E-state index in [4.69, 9.17) is 5.26 Å². The molecule has 3 atom stereocenters. The zero-order chi connectivity index (χ0) is 11.4. The molecule has 1 aliphatic rings. The molecule has 1 fully saturated rings. The molecule has 86 valence electrons. The molecule has 0 bridgehead atoms. The van der Waals surface area contributed by atoms with Gasteiger partial charge in [0.25, 0.3) is 0 Å². The maximum Gasteiger partial charge on any atom is 0.0672 e. The van der Waals surface area contributed by atoms with Gasteiger partial charge in [-0.2, -0.15) is 5.26 Å². The van der Waals surface area contributed by atoms with E-state index in [0.717, 1.165) is 12.8 Å². The van der Waals surface area contributed by atoms with Gasteiger partial charge in [0.05, 0.1) is 12.0 Å². The van der Waals surface area contributed by atoms with Gasteiger partial charge >= 0.3 is 0 Å². The van der Waals surface area contributed by atoms with Gasteiger partial charge in [-0.15, -0.1) is 11.3 Å². The standard InChI is InChI=1S/C13H18N2S/c1-10(13-7-4-8-16-13)15-12-6-3-2-5-11(12)9-14/h4,7-8,10-12,15H,2-3,5-6H2,1H3/t10-,11?,12?/m1/s1. The van der Waals surface area contributed by atoms with Crippen LogP contribution in [0.3, 0.4) is 0 Å². The summed E-state index contributed by atoms with van der Waals surface area (Å²) in [5, 5.41) is 14.8. The van der Waals surface area contributed by atoms with Crippen molar-refractivity contribution in [3.05, 3.63) is 22.4 Å². The Morgan fingerprint density at radius 1 is 1.50 bits per heavy atom. The summed E-state index contributed by atoms with van der Waals surface area (Å²) in [7, 11) is 0. The highest BCUT2D eigenvalue weighted by Crippen LogP contribution is 2.27. The molecular formula is C13H18N2S. The van der Waals surface area contributed by atoms with Crippen LogP contribution in [-0.4, -0.2) is 6.04 Å². The topological polar surface area (TPSA) is 35.8 Å². The predicted octanol–water partition coefficient (Wildman–Crippen LogP) is 3.48. The number of nitriles is 1. The average molecular weight is 234 g/mol. The molecule has 1 aliphatic carbocycles. The molecule has 0 aliphatic heterocycles. The van der Waals surface area contributed by atoms with Crippen LogP contribution in [0.4, 0.5) is 0 Å². The Morgan fingerprint density at radius 2 is 2.31 bits per heavy atom. The summed E-state index contributed by atoms with van der Waals surface area (Å²) in [5.74, 6) is 0.205. The zero-order valence-electron chi connectivity index (χ0n) is 9.65. The van der Waals surface area contributed by atoms with E-state index in [1.165, 1.54) is 17.7 Å². The van der Waals surface area contributed by atoms with Crippen LogP contribution in [0.25, 0.3) is 0 Å². The van der Waals surface area contributed by atoms with Gasteiger partial charge in [0, 0.05) is 17.0 Å². The van der Waals surface area contributed by atoms with E-state index < -0.39 is 0 Å². The molecule has 1 aromatic rings. The van der Waals surface area contributed by atoms with E-state index >= 15 is 0 Å². The molecule has 2 rings (SSSR count). The summed E-state index contributed by atoms with van der Waals surface area (Å²) in [6.45, 7) is 2.19. The fourth-order valence-corrected chi connectivity index (χ4v) is 3.17. The van der Waals surface area contributed by atoms with Crippen LogP contribution in [0.15, 0.2) is 17.5 Å². The first-order valence-electron chi connectivity index (χ1n) is 6.00. The molecule has 0 radical (unpaired) electrons. The van der Waals surface area contributed by atoms with Crippen LogP contribution in [0, 0.1) is 17.2 Å². The van der Waals surface area contributed by atoms with Crippen molar-refractivity contribution in [1.82, 2.24) is 5.32 Å². The fourth-order valence-electron chi connectivity index (χ4n) is 2.43. The molecule has 0 amide bonds. The van der Waals surface area contributed by atoms with Crippen molar-refractivity contribution in [2.45, 2.75) is 44.7 Å². The molecule has 2 unspecified atom stereocenters. The zero-order valence-corrected chi connectivity index (χ0v) is 10.5. The lowest BCUT2D eigenvalue weighted by molar-refractivity contribution is 0.293. The van der Waals surface area contributed by atoms with Crippen LogP contribution in [0.2, 0.25) is 0 Å². The van der Waals surface area contributed by atoms with Gasteiger partial charge in [0.15, 0.2) is 0 Å². The van der Waals surface area contributed by atoms with Crippen molar-refractivity contribution in [2.75, 3.05) is 0 Å². The molecule has 0 aromatic carbocycles. The number of hydrogen-bond acceptors (Lipinski definition) is 3. The molecule has 1 N–H and O–H groups in total. The minimum atomic E-state index is 0.205. The fraction of sp³-hybridized carbons (Fsp3) is 0.615. The van der Waals surface area contributed by atoms with Crippen LogP contribution in [0.5, 0.6) is 0 Å². The maximum absolute atomic E-state index is 9.12. The summed E-state index contributed by atoms with van der Waals surface area (Å²) in [6.07, 6.45) is 4.68. The summed E-state index contributed by atoms with van der Waals surface area (Å²) in [4.78, 5) is 1.36. The minimum Gasteiger partial charge on any atom is -0.305 e. The largest absolute Gasteiger partial charge is 0.305 e. The predicted molar refractivity (Wildman–Crippen MR) is 67.2 cm³/mol. The lowest BCUT2D eigenvalue weighted by atomic mass is 9.85. The Labute approximate surface area is 101 Å². The van der Waals surface area contributed by atoms with Crippen LogP contribution >= 0.6 is 11.3 Å². The quantitative estimate of drug-likeness (QED) is 0.869. The van der Waals surface area contributed by atoms with Crippen molar-refractivity contribution in [3.63, 3.8) is 0 Å². The third-order valence-corrected chi connectivity index (χ3v) is 4.42. The SMILES string of the molecule is C[C@@H](NC1CCCCC1C#N)c1cccs1. The molecule has 1 saturated carbocycles. The number of rotatable bonds is 3. The number of nitrogens with zero attached hydrogens (tertiary/aromatic N) is 1. The lowest BCUT2D eigenvalue weighted by Crippen LogP contribution is -2.39. The van der Waals surface area contributed by atoms with Crippen molar-refractivity contribution < 1.29 is 0 Å². The molecule has 3 heteroatoms. The molecule has 0 spiro atoms. The first-order valence-corrected chi connectivity index (χ1v) is 6.88. The van der Waals surface area contributed by atoms with Crippen molar-refractivity contribution in [2.24, 2.45) is 5.92 Å². The van der Waals surface area contributed by atoms with Gasteiger partial charge in [-0.3, -0.25) is 0 Å². The van der Waals surface area contributed by atoms with E-state index in [0.29, 0.717) is 12.1 Å². The van der Waals surface area contributed by atoms with Crippen molar-refractivity contribution in [3.8, 4) is 6.07 Å². The van der Waals surface area contributed by atoms with Crippen LogP contribution < -0.4 is 5.32 Å². The van der Waals surface area contributed by atoms with Gasteiger partial charge < -0.3 is 5.32 Å². The van der Waals surface area contributed by atoms with Crippen LogP contribution in [0.1, 0.15) is 43.5 Å². The minimum absolute atomic E-state index is 0.205. The Hall–Kier alpha value is -0.850. The van der Waals surface area contributed by atoms with E-state index in [-0.39, 0.29) is 5.92 Å². The summed E-state index contributed by atoms with van der Waals surface area (Å²) >= 11 is 1.78. The Balaban J connectivity index is 1.95. The number of thiophene rings is 1. The first kappa shape index (κ1) is 11.6. The van der Waals surface area contributed by atoms with Crippen molar-refractivity contribution in [1.29, 1.82) is 5.26 Å². The Bertz CT molecular complexity index is 353. The summed E-state index contributed by atoms with van der Waals surface area (Å²) < 4.78 is 0. The van der Waals surface area contributed by atoms with E-state index in [1.807, 2.05) is 0 Å². The normalized spacial score (nSPS) is 27.2. The van der Waals surface area contributed by atoms with E-state index in [1.54, 1.807) is 11.3 Å². The summed E-state index contributed by atoms with van der Waals surface area (Å²) in [5.41, 5.74) is 0. The third-order valence-electron chi connectivity index (χ3n) is 3.37.